The number of H-pyrrole nitrogens is 1. The van der Waals surface area contributed by atoms with Crippen molar-refractivity contribution in [2.45, 2.75) is 18.8 Å². The number of carbonyl (C=O) groups is 1. The number of nitrogens with one attached hydrogen (secondary N) is 2. The van der Waals surface area contributed by atoms with Gasteiger partial charge in [-0.3, -0.25) is 5.10 Å². The Balaban J connectivity index is 1.31. The topological polar surface area (TPSA) is 79.5 Å². The molecule has 2 heterocycles. The van der Waals surface area contributed by atoms with Gasteiger partial charge in [0.2, 0.25) is 0 Å². The monoisotopic (exact) mass is 392 g/mol. The van der Waals surface area contributed by atoms with Gasteiger partial charge in [-0.05, 0) is 55.3 Å². The van der Waals surface area contributed by atoms with Gasteiger partial charge in [0, 0.05) is 36.6 Å². The predicted octanol–water partition coefficient (Wildman–Crippen LogP) is 4.62. The van der Waals surface area contributed by atoms with Crippen molar-refractivity contribution in [1.29, 1.82) is 0 Å². The van der Waals surface area contributed by atoms with Crippen LogP contribution in [0.1, 0.15) is 24.5 Å². The quantitative estimate of drug-likeness (QED) is 0.664. The zero-order chi connectivity index (χ0) is 20.1. The summed E-state index contributed by atoms with van der Waals surface area (Å²) in [5, 5.41) is 10.0. The highest BCUT2D eigenvalue weighted by Gasteiger charge is 2.24. The van der Waals surface area contributed by atoms with Gasteiger partial charge in [0.25, 0.3) is 0 Å². The van der Waals surface area contributed by atoms with Crippen LogP contribution in [0.5, 0.6) is 17.2 Å². The van der Waals surface area contributed by atoms with Crippen molar-refractivity contribution in [3.63, 3.8) is 0 Å². The van der Waals surface area contributed by atoms with Gasteiger partial charge >= 0.3 is 6.03 Å². The number of benzene rings is 2. The Kier molecular flexibility index (Phi) is 5.65. The van der Waals surface area contributed by atoms with Crippen molar-refractivity contribution in [3.8, 4) is 17.2 Å². The number of likely N-dealkylation sites (tertiary alicyclic amines) is 1. The first-order valence-electron chi connectivity index (χ1n) is 9.69. The Hall–Kier alpha value is -3.48. The fourth-order valence-corrected chi connectivity index (χ4v) is 3.53. The van der Waals surface area contributed by atoms with Gasteiger partial charge in [-0.1, -0.05) is 12.1 Å². The fraction of sp³-hybridized carbons (Fsp3) is 0.273. The maximum absolute atomic E-state index is 12.6. The van der Waals surface area contributed by atoms with Crippen LogP contribution in [0.15, 0.2) is 60.8 Å². The number of aromatic amines is 1. The van der Waals surface area contributed by atoms with Crippen molar-refractivity contribution in [3.05, 3.63) is 66.5 Å². The van der Waals surface area contributed by atoms with Crippen LogP contribution in [0.25, 0.3) is 0 Å². The van der Waals surface area contributed by atoms with Gasteiger partial charge in [0.15, 0.2) is 11.5 Å². The molecule has 1 fully saturated rings. The average molecular weight is 392 g/mol. The van der Waals surface area contributed by atoms with Crippen LogP contribution in [0, 0.1) is 0 Å². The predicted molar refractivity (Wildman–Crippen MR) is 111 cm³/mol. The van der Waals surface area contributed by atoms with E-state index in [0.717, 1.165) is 37.3 Å². The van der Waals surface area contributed by atoms with Crippen molar-refractivity contribution in [2.75, 3.05) is 25.5 Å². The SMILES string of the molecule is COc1ccccc1Oc1ccc(NC(=O)N2CCC(c3ccn[nH]3)CC2)cc1. The highest BCUT2D eigenvalue weighted by atomic mass is 16.5. The van der Waals surface area contributed by atoms with Crippen molar-refractivity contribution in [2.24, 2.45) is 0 Å². The molecule has 29 heavy (non-hydrogen) atoms. The lowest BCUT2D eigenvalue weighted by Gasteiger charge is -2.31. The van der Waals surface area contributed by atoms with E-state index >= 15 is 0 Å². The second-order valence-electron chi connectivity index (χ2n) is 6.98. The fourth-order valence-electron chi connectivity index (χ4n) is 3.53. The van der Waals surface area contributed by atoms with Crippen LogP contribution in [0.2, 0.25) is 0 Å². The third-order valence-electron chi connectivity index (χ3n) is 5.15. The minimum atomic E-state index is -0.0774. The third kappa shape index (κ3) is 4.51. The number of hydrogen-bond acceptors (Lipinski definition) is 4. The van der Waals surface area contributed by atoms with E-state index in [9.17, 15) is 4.79 Å². The second kappa shape index (κ2) is 8.68. The molecule has 2 N–H and O–H groups in total. The summed E-state index contributed by atoms with van der Waals surface area (Å²) in [6.45, 7) is 1.45. The molecule has 1 saturated heterocycles. The number of ether oxygens (including phenoxy) is 2. The highest BCUT2D eigenvalue weighted by molar-refractivity contribution is 5.89. The van der Waals surface area contributed by atoms with Crippen LogP contribution in [-0.2, 0) is 0 Å². The number of amides is 2. The molecule has 0 saturated carbocycles. The molecule has 7 nitrogen and oxygen atoms in total. The largest absolute Gasteiger partial charge is 0.493 e. The molecule has 2 aromatic carbocycles. The van der Waals surface area contributed by atoms with Gasteiger partial charge < -0.3 is 19.7 Å². The number of carbonyl (C=O) groups excluding carboxylic acids is 1. The van der Waals surface area contributed by atoms with Crippen molar-refractivity contribution >= 4 is 11.7 Å². The van der Waals surface area contributed by atoms with E-state index < -0.39 is 0 Å². The minimum absolute atomic E-state index is 0.0774. The summed E-state index contributed by atoms with van der Waals surface area (Å²) in [6.07, 6.45) is 3.64. The smallest absolute Gasteiger partial charge is 0.321 e. The van der Waals surface area contributed by atoms with E-state index in [1.165, 1.54) is 0 Å². The average Bonchev–Trinajstić information content (AvgIpc) is 3.30. The standard InChI is InChI=1S/C22H24N4O3/c1-28-20-4-2-3-5-21(20)29-18-8-6-17(7-9-18)24-22(27)26-14-11-16(12-15-26)19-10-13-23-25-19/h2-10,13,16H,11-12,14-15H2,1H3,(H,23,25)(H,24,27). The summed E-state index contributed by atoms with van der Waals surface area (Å²) in [6, 6.07) is 16.7. The molecular weight excluding hydrogens is 368 g/mol. The van der Waals surface area contributed by atoms with Crippen LogP contribution >= 0.6 is 0 Å². The molecule has 1 aliphatic heterocycles. The van der Waals surface area contributed by atoms with Gasteiger partial charge in [-0.15, -0.1) is 0 Å². The summed E-state index contributed by atoms with van der Waals surface area (Å²) in [7, 11) is 1.61. The molecule has 0 aliphatic carbocycles. The van der Waals surface area contributed by atoms with E-state index in [0.29, 0.717) is 23.2 Å². The number of nitrogens with zero attached hydrogens (tertiary/aromatic N) is 2. The maximum Gasteiger partial charge on any atom is 0.321 e. The molecule has 1 aliphatic rings. The summed E-state index contributed by atoms with van der Waals surface area (Å²) < 4.78 is 11.2. The third-order valence-corrected chi connectivity index (χ3v) is 5.15. The lowest BCUT2D eigenvalue weighted by Crippen LogP contribution is -2.40. The zero-order valence-corrected chi connectivity index (χ0v) is 16.3. The number of urea groups is 1. The number of aromatic nitrogens is 2. The number of hydrogen-bond donors (Lipinski definition) is 2. The Bertz CT molecular complexity index is 933. The van der Waals surface area contributed by atoms with Crippen LogP contribution < -0.4 is 14.8 Å². The molecule has 2 amide bonds. The van der Waals surface area contributed by atoms with Gasteiger partial charge in [-0.25, -0.2) is 4.79 Å². The summed E-state index contributed by atoms with van der Waals surface area (Å²) in [4.78, 5) is 14.4. The lowest BCUT2D eigenvalue weighted by molar-refractivity contribution is 0.194. The van der Waals surface area contributed by atoms with Gasteiger partial charge in [-0.2, -0.15) is 5.10 Å². The molecule has 0 spiro atoms. The van der Waals surface area contributed by atoms with E-state index in [4.69, 9.17) is 9.47 Å². The first-order chi connectivity index (χ1) is 14.2. The second-order valence-corrected chi connectivity index (χ2v) is 6.98. The van der Waals surface area contributed by atoms with Crippen molar-refractivity contribution in [1.82, 2.24) is 15.1 Å². The molecule has 0 unspecified atom stereocenters. The minimum Gasteiger partial charge on any atom is -0.493 e. The Morgan fingerprint density at radius 2 is 1.79 bits per heavy atom. The summed E-state index contributed by atoms with van der Waals surface area (Å²) in [5.41, 5.74) is 1.88. The van der Waals surface area contributed by atoms with Crippen LogP contribution in [0.4, 0.5) is 10.5 Å². The molecule has 4 rings (SSSR count). The van der Waals surface area contributed by atoms with E-state index in [2.05, 4.69) is 15.5 Å². The molecule has 0 bridgehead atoms. The number of piperidine rings is 1. The summed E-state index contributed by atoms with van der Waals surface area (Å²) in [5.74, 6) is 2.43. The molecule has 0 radical (unpaired) electrons. The molecule has 1 aromatic heterocycles. The Morgan fingerprint density at radius 3 is 2.45 bits per heavy atom. The molecule has 0 atom stereocenters. The molecule has 7 heteroatoms. The number of anilines is 1. The van der Waals surface area contributed by atoms with Gasteiger partial charge in [0.1, 0.15) is 5.75 Å². The van der Waals surface area contributed by atoms with E-state index in [1.54, 1.807) is 13.3 Å². The van der Waals surface area contributed by atoms with E-state index in [1.807, 2.05) is 59.5 Å². The Labute approximate surface area is 169 Å². The molecular formula is C22H24N4O3. The number of rotatable bonds is 5. The normalized spacial score (nSPS) is 14.4. The van der Waals surface area contributed by atoms with Crippen molar-refractivity contribution < 1.29 is 14.3 Å². The maximum atomic E-state index is 12.6. The molecule has 150 valence electrons. The first-order valence-corrected chi connectivity index (χ1v) is 9.69. The van der Waals surface area contributed by atoms with E-state index in [-0.39, 0.29) is 6.03 Å². The molecule has 3 aromatic rings. The number of methoxy groups -OCH3 is 1. The highest BCUT2D eigenvalue weighted by Crippen LogP contribution is 2.31. The summed E-state index contributed by atoms with van der Waals surface area (Å²) >= 11 is 0. The number of para-hydroxylation sites is 2. The first kappa shape index (κ1) is 18.9. The lowest BCUT2D eigenvalue weighted by atomic mass is 9.94. The van der Waals surface area contributed by atoms with Crippen LogP contribution in [0.3, 0.4) is 0 Å². The Morgan fingerprint density at radius 1 is 1.07 bits per heavy atom. The van der Waals surface area contributed by atoms with Gasteiger partial charge in [0.05, 0.1) is 7.11 Å². The van der Waals surface area contributed by atoms with Crippen LogP contribution in [-0.4, -0.2) is 41.3 Å². The zero-order valence-electron chi connectivity index (χ0n) is 16.3.